The maximum Gasteiger partial charge on any atom is 0.160 e. The Kier molecular flexibility index (Phi) is 8.91. The number of hydrogen-bond donors (Lipinski definition) is 0. The van der Waals surface area contributed by atoms with Gasteiger partial charge in [0.15, 0.2) is 5.82 Å². The van der Waals surface area contributed by atoms with Gasteiger partial charge in [-0.1, -0.05) is 164 Å². The molecule has 12 rings (SSSR count). The van der Waals surface area contributed by atoms with Crippen LogP contribution in [-0.2, 0) is 0 Å². The van der Waals surface area contributed by atoms with Gasteiger partial charge in [-0.05, 0) is 102 Å². The van der Waals surface area contributed by atoms with Gasteiger partial charge in [0, 0.05) is 49.6 Å². The molecule has 4 heteroatoms. The van der Waals surface area contributed by atoms with Crippen molar-refractivity contribution in [3.8, 4) is 67.5 Å². The van der Waals surface area contributed by atoms with Gasteiger partial charge in [0.05, 0.1) is 33.5 Å². The number of benzene rings is 9. The van der Waals surface area contributed by atoms with E-state index >= 15 is 0 Å². The van der Waals surface area contributed by atoms with E-state index < -0.39 is 0 Å². The third-order valence-corrected chi connectivity index (χ3v) is 12.8. The maximum atomic E-state index is 5.05. The Morgan fingerprint density at radius 1 is 0.297 bits per heavy atom. The molecule has 0 aliphatic rings. The summed E-state index contributed by atoms with van der Waals surface area (Å²) in [6, 6.07) is 78.3. The van der Waals surface area contributed by atoms with Crippen molar-refractivity contribution < 1.29 is 0 Å². The molecule has 0 fully saturated rings. The van der Waals surface area contributed by atoms with Crippen LogP contribution in [0, 0.1) is 13.8 Å². The van der Waals surface area contributed by atoms with Crippen molar-refractivity contribution in [3.05, 3.63) is 230 Å². The molecule has 9 aromatic carbocycles. The fraction of sp³-hybridized carbons (Fsp3) is 0.0333. The number of fused-ring (bicyclic) bond motifs is 6. The van der Waals surface area contributed by atoms with Crippen molar-refractivity contribution in [1.29, 1.82) is 0 Å². The van der Waals surface area contributed by atoms with Crippen LogP contribution in [0.25, 0.3) is 111 Å². The number of hydrogen-bond acceptors (Lipinski definition) is 2. The molecule has 0 radical (unpaired) electrons. The molecule has 0 unspecified atom stereocenters. The molecular formula is C60H42N4. The van der Waals surface area contributed by atoms with Crippen LogP contribution in [0.5, 0.6) is 0 Å². The van der Waals surface area contributed by atoms with E-state index in [-0.39, 0.29) is 0 Å². The number of rotatable bonds is 7. The minimum atomic E-state index is 0.719. The van der Waals surface area contributed by atoms with Crippen LogP contribution in [0.2, 0.25) is 0 Å². The molecule has 0 amide bonds. The maximum absolute atomic E-state index is 5.05. The summed E-state index contributed by atoms with van der Waals surface area (Å²) in [5.41, 5.74) is 19.4. The SMILES string of the molecule is Cc1cc(-c2ccc(-n3c4ccccc4c4cc(-n5c6ccccc6c6ccccc65)ccc43)cc2)cc(C)c1-c1ccc(-c2cc(-c3ccccc3)nc(-c3ccccc3)n2)cc1. The number of nitrogens with zero attached hydrogens (tertiary/aromatic N) is 4. The highest BCUT2D eigenvalue weighted by molar-refractivity contribution is 6.12. The summed E-state index contributed by atoms with van der Waals surface area (Å²) in [6.07, 6.45) is 0. The zero-order chi connectivity index (χ0) is 42.7. The first-order valence-corrected chi connectivity index (χ1v) is 21.9. The van der Waals surface area contributed by atoms with Gasteiger partial charge in [0.2, 0.25) is 0 Å². The predicted octanol–water partition coefficient (Wildman–Crippen LogP) is 15.6. The molecule has 302 valence electrons. The molecule has 0 saturated carbocycles. The third kappa shape index (κ3) is 6.30. The predicted molar refractivity (Wildman–Crippen MR) is 267 cm³/mol. The van der Waals surface area contributed by atoms with Crippen LogP contribution < -0.4 is 0 Å². The Morgan fingerprint density at radius 3 is 1.30 bits per heavy atom. The van der Waals surface area contributed by atoms with E-state index in [2.05, 4.69) is 217 Å². The van der Waals surface area contributed by atoms with E-state index in [9.17, 15) is 0 Å². The molecule has 12 aromatic rings. The zero-order valence-electron chi connectivity index (χ0n) is 35.6. The largest absolute Gasteiger partial charge is 0.309 e. The van der Waals surface area contributed by atoms with E-state index in [0.717, 1.165) is 45.3 Å². The lowest BCUT2D eigenvalue weighted by Gasteiger charge is -2.15. The first-order chi connectivity index (χ1) is 31.6. The summed E-state index contributed by atoms with van der Waals surface area (Å²) in [6.45, 7) is 4.45. The number of aromatic nitrogens is 4. The topological polar surface area (TPSA) is 35.6 Å². The molecule has 0 atom stereocenters. The van der Waals surface area contributed by atoms with Gasteiger partial charge in [0.25, 0.3) is 0 Å². The highest BCUT2D eigenvalue weighted by Gasteiger charge is 2.18. The Bertz CT molecular complexity index is 3580. The van der Waals surface area contributed by atoms with Crippen molar-refractivity contribution in [2.45, 2.75) is 13.8 Å². The summed E-state index contributed by atoms with van der Waals surface area (Å²) in [4.78, 5) is 10.0. The summed E-state index contributed by atoms with van der Waals surface area (Å²) in [5.74, 6) is 0.719. The first kappa shape index (κ1) is 37.4. The van der Waals surface area contributed by atoms with Gasteiger partial charge in [-0.25, -0.2) is 9.97 Å². The second-order valence-corrected chi connectivity index (χ2v) is 16.7. The minimum Gasteiger partial charge on any atom is -0.309 e. The molecule has 64 heavy (non-hydrogen) atoms. The number of para-hydroxylation sites is 3. The molecule has 0 saturated heterocycles. The normalized spacial score (nSPS) is 11.6. The van der Waals surface area contributed by atoms with E-state index in [4.69, 9.17) is 9.97 Å². The lowest BCUT2D eigenvalue weighted by atomic mass is 9.91. The quantitative estimate of drug-likeness (QED) is 0.161. The Hall–Kier alpha value is -8.34. The Morgan fingerprint density at radius 2 is 0.719 bits per heavy atom. The first-order valence-electron chi connectivity index (χ1n) is 21.9. The molecular weight excluding hydrogens is 777 g/mol. The molecule has 0 spiro atoms. The lowest BCUT2D eigenvalue weighted by molar-refractivity contribution is 1.17. The van der Waals surface area contributed by atoms with Crippen molar-refractivity contribution >= 4 is 43.6 Å². The second-order valence-electron chi connectivity index (χ2n) is 16.7. The van der Waals surface area contributed by atoms with Crippen LogP contribution in [0.15, 0.2) is 218 Å². The van der Waals surface area contributed by atoms with Gasteiger partial charge in [-0.2, -0.15) is 0 Å². The second kappa shape index (κ2) is 15.2. The lowest BCUT2D eigenvalue weighted by Crippen LogP contribution is -1.96. The molecule has 0 aliphatic carbocycles. The minimum absolute atomic E-state index is 0.719. The van der Waals surface area contributed by atoms with Crippen LogP contribution in [0.1, 0.15) is 11.1 Å². The number of aryl methyl sites for hydroxylation is 2. The standard InChI is InChI=1S/C60H42N4/c1-39-35-46(36-40(2)59(39)44-27-25-43(26-28-44)54-38-53(42-15-5-3-6-16-42)61-60(62-54)45-17-7-4-8-18-45)41-29-31-47(32-30-41)63-57-24-14-11-21-51(57)52-37-48(33-34-58(52)63)64-55-22-12-9-19-49(55)50-20-10-13-23-56(50)64/h3-38H,1-2H3. The van der Waals surface area contributed by atoms with Crippen LogP contribution in [0.3, 0.4) is 0 Å². The van der Waals surface area contributed by atoms with Crippen molar-refractivity contribution in [2.75, 3.05) is 0 Å². The summed E-state index contributed by atoms with van der Waals surface area (Å²) in [7, 11) is 0. The van der Waals surface area contributed by atoms with E-state index in [0.29, 0.717) is 0 Å². The van der Waals surface area contributed by atoms with Crippen LogP contribution >= 0.6 is 0 Å². The Labute approximate surface area is 372 Å². The fourth-order valence-electron chi connectivity index (χ4n) is 9.84. The van der Waals surface area contributed by atoms with Gasteiger partial charge in [-0.3, -0.25) is 0 Å². The molecule has 0 aliphatic heterocycles. The fourth-order valence-corrected chi connectivity index (χ4v) is 9.84. The highest BCUT2D eigenvalue weighted by atomic mass is 15.0. The average Bonchev–Trinajstić information content (AvgIpc) is 3.87. The molecule has 4 nitrogen and oxygen atoms in total. The van der Waals surface area contributed by atoms with Crippen molar-refractivity contribution in [3.63, 3.8) is 0 Å². The highest BCUT2D eigenvalue weighted by Crippen LogP contribution is 2.39. The monoisotopic (exact) mass is 818 g/mol. The van der Waals surface area contributed by atoms with Crippen molar-refractivity contribution in [1.82, 2.24) is 19.1 Å². The summed E-state index contributed by atoms with van der Waals surface area (Å²) in [5, 5.41) is 5.01. The van der Waals surface area contributed by atoms with Crippen LogP contribution in [0.4, 0.5) is 0 Å². The molecule has 0 N–H and O–H groups in total. The zero-order valence-corrected chi connectivity index (χ0v) is 35.6. The summed E-state index contributed by atoms with van der Waals surface area (Å²) < 4.78 is 4.80. The van der Waals surface area contributed by atoms with E-state index in [1.54, 1.807) is 0 Å². The molecule has 3 aromatic heterocycles. The van der Waals surface area contributed by atoms with Gasteiger partial charge >= 0.3 is 0 Å². The van der Waals surface area contributed by atoms with Gasteiger partial charge in [-0.15, -0.1) is 0 Å². The average molecular weight is 819 g/mol. The van der Waals surface area contributed by atoms with Gasteiger partial charge < -0.3 is 9.13 Å². The van der Waals surface area contributed by atoms with E-state index in [1.807, 2.05) is 24.3 Å². The van der Waals surface area contributed by atoms with Crippen LogP contribution in [-0.4, -0.2) is 19.1 Å². The van der Waals surface area contributed by atoms with Gasteiger partial charge in [0.1, 0.15) is 0 Å². The summed E-state index contributed by atoms with van der Waals surface area (Å²) >= 11 is 0. The van der Waals surface area contributed by atoms with Crippen molar-refractivity contribution in [2.24, 2.45) is 0 Å². The molecule has 0 bridgehead atoms. The molecule has 3 heterocycles. The Balaban J connectivity index is 0.865. The third-order valence-electron chi connectivity index (χ3n) is 12.8. The van der Waals surface area contributed by atoms with E-state index in [1.165, 1.54) is 77.0 Å². The smallest absolute Gasteiger partial charge is 0.160 e.